The zero-order valence-electron chi connectivity index (χ0n) is 14.9. The van der Waals surface area contributed by atoms with Crippen molar-refractivity contribution >= 4 is 21.8 Å². The number of hydrogen-bond acceptors (Lipinski definition) is 2. The highest BCUT2D eigenvalue weighted by Gasteiger charge is 2.26. The van der Waals surface area contributed by atoms with Gasteiger partial charge in [0, 0.05) is 19.3 Å². The van der Waals surface area contributed by atoms with Crippen molar-refractivity contribution in [2.75, 3.05) is 13.6 Å². The van der Waals surface area contributed by atoms with Crippen molar-refractivity contribution in [1.82, 2.24) is 10.2 Å². The summed E-state index contributed by atoms with van der Waals surface area (Å²) in [4.78, 5) is 15.0. The van der Waals surface area contributed by atoms with E-state index < -0.39 is 5.82 Å². The number of allylic oxidation sites excluding steroid dienone is 1. The molecule has 3 rings (SSSR count). The average molecular weight is 417 g/mol. The Kier molecular flexibility index (Phi) is 5.77. The molecule has 1 heterocycles. The SMILES string of the molecule is CC1CC=C(C(NC(=O)c2cccc(F)c2Br)c2ccccc2)N(C)C1. The van der Waals surface area contributed by atoms with Crippen molar-refractivity contribution in [2.24, 2.45) is 5.92 Å². The van der Waals surface area contributed by atoms with Gasteiger partial charge in [-0.1, -0.05) is 49.4 Å². The summed E-state index contributed by atoms with van der Waals surface area (Å²) in [5, 5.41) is 3.09. The van der Waals surface area contributed by atoms with E-state index in [1.165, 1.54) is 6.07 Å². The minimum absolute atomic E-state index is 0.184. The van der Waals surface area contributed by atoms with Crippen LogP contribution in [0.15, 0.2) is 64.8 Å². The molecule has 1 amide bonds. The van der Waals surface area contributed by atoms with E-state index in [-0.39, 0.29) is 16.4 Å². The Labute approximate surface area is 162 Å². The Bertz CT molecular complexity index is 822. The number of benzene rings is 2. The zero-order valence-corrected chi connectivity index (χ0v) is 16.5. The number of nitrogens with one attached hydrogen (secondary N) is 1. The number of nitrogens with zero attached hydrogens (tertiary/aromatic N) is 1. The molecule has 3 nitrogen and oxygen atoms in total. The Morgan fingerprint density at radius 1 is 1.23 bits per heavy atom. The highest BCUT2D eigenvalue weighted by molar-refractivity contribution is 9.10. The highest BCUT2D eigenvalue weighted by Crippen LogP contribution is 2.30. The minimum atomic E-state index is -0.447. The molecule has 0 spiro atoms. The molecule has 26 heavy (non-hydrogen) atoms. The molecule has 5 heteroatoms. The van der Waals surface area contributed by atoms with Crippen LogP contribution in [-0.4, -0.2) is 24.4 Å². The first-order valence-corrected chi connectivity index (χ1v) is 9.47. The molecular weight excluding hydrogens is 395 g/mol. The molecular formula is C21H22BrFN2O. The van der Waals surface area contributed by atoms with Crippen molar-refractivity contribution in [3.63, 3.8) is 0 Å². The first kappa shape index (κ1) is 18.6. The summed E-state index contributed by atoms with van der Waals surface area (Å²) < 4.78 is 14.0. The quantitative estimate of drug-likeness (QED) is 0.767. The normalized spacial score (nSPS) is 18.2. The maximum Gasteiger partial charge on any atom is 0.253 e. The van der Waals surface area contributed by atoms with Gasteiger partial charge >= 0.3 is 0 Å². The summed E-state index contributed by atoms with van der Waals surface area (Å²) in [5.41, 5.74) is 2.36. The Hall–Kier alpha value is -2.14. The fraction of sp³-hybridized carbons (Fsp3) is 0.286. The molecule has 2 unspecified atom stereocenters. The lowest BCUT2D eigenvalue weighted by molar-refractivity contribution is 0.0934. The topological polar surface area (TPSA) is 32.3 Å². The van der Waals surface area contributed by atoms with Crippen LogP contribution < -0.4 is 5.32 Å². The van der Waals surface area contributed by atoms with Gasteiger partial charge in [0.15, 0.2) is 0 Å². The summed E-state index contributed by atoms with van der Waals surface area (Å²) in [7, 11) is 2.04. The molecule has 1 aliphatic rings. The molecule has 2 aromatic rings. The predicted octanol–water partition coefficient (Wildman–Crippen LogP) is 4.91. The second-order valence-corrected chi connectivity index (χ2v) is 7.56. The maximum atomic E-state index is 13.8. The molecule has 0 aromatic heterocycles. The molecule has 0 saturated carbocycles. The summed E-state index contributed by atoms with van der Waals surface area (Å²) >= 11 is 3.18. The van der Waals surface area contributed by atoms with Crippen molar-refractivity contribution in [3.05, 3.63) is 81.7 Å². The third-order valence-corrected chi connectivity index (χ3v) is 5.46. The largest absolute Gasteiger partial charge is 0.376 e. The summed E-state index contributed by atoms with van der Waals surface area (Å²) in [6.07, 6.45) is 3.16. The van der Waals surface area contributed by atoms with Gasteiger partial charge in [0.2, 0.25) is 0 Å². The third kappa shape index (κ3) is 3.98. The van der Waals surface area contributed by atoms with Gasteiger partial charge in [-0.3, -0.25) is 4.79 Å². The monoisotopic (exact) mass is 416 g/mol. The first-order chi connectivity index (χ1) is 12.5. The van der Waals surface area contributed by atoms with Crippen molar-refractivity contribution < 1.29 is 9.18 Å². The van der Waals surface area contributed by atoms with E-state index in [0.29, 0.717) is 11.5 Å². The van der Waals surface area contributed by atoms with E-state index in [0.717, 1.165) is 24.2 Å². The average Bonchev–Trinajstić information content (AvgIpc) is 2.63. The molecule has 2 atom stereocenters. The Morgan fingerprint density at radius 2 is 1.96 bits per heavy atom. The first-order valence-electron chi connectivity index (χ1n) is 8.68. The molecule has 136 valence electrons. The lowest BCUT2D eigenvalue weighted by Gasteiger charge is -2.35. The van der Waals surface area contributed by atoms with Crippen LogP contribution in [0.2, 0.25) is 0 Å². The second kappa shape index (κ2) is 8.04. The van der Waals surface area contributed by atoms with Crippen molar-refractivity contribution in [1.29, 1.82) is 0 Å². The molecule has 0 bridgehead atoms. The van der Waals surface area contributed by atoms with Gasteiger partial charge in [0.1, 0.15) is 5.82 Å². The van der Waals surface area contributed by atoms with E-state index in [9.17, 15) is 9.18 Å². The van der Waals surface area contributed by atoms with Crippen molar-refractivity contribution in [3.8, 4) is 0 Å². The summed E-state index contributed by atoms with van der Waals surface area (Å²) in [6, 6.07) is 14.1. The lowest BCUT2D eigenvalue weighted by atomic mass is 9.95. The smallest absolute Gasteiger partial charge is 0.253 e. The Morgan fingerprint density at radius 3 is 2.65 bits per heavy atom. The molecule has 0 saturated heterocycles. The number of rotatable bonds is 4. The third-order valence-electron chi connectivity index (χ3n) is 4.66. The van der Waals surface area contributed by atoms with Gasteiger partial charge in [0.25, 0.3) is 5.91 Å². The fourth-order valence-corrected chi connectivity index (χ4v) is 3.77. The number of halogens is 2. The van der Waals surface area contributed by atoms with Crippen LogP contribution in [0.1, 0.15) is 35.3 Å². The number of likely N-dealkylation sites (N-methyl/N-ethyl adjacent to an activating group) is 1. The van der Waals surface area contributed by atoms with E-state index in [2.05, 4.69) is 39.1 Å². The number of hydrogen-bond donors (Lipinski definition) is 1. The van der Waals surface area contributed by atoms with Crippen LogP contribution in [0.25, 0.3) is 0 Å². The zero-order chi connectivity index (χ0) is 18.7. The van der Waals surface area contributed by atoms with E-state index in [1.807, 2.05) is 37.4 Å². The lowest BCUT2D eigenvalue weighted by Crippen LogP contribution is -2.38. The van der Waals surface area contributed by atoms with Crippen LogP contribution in [0.4, 0.5) is 4.39 Å². The van der Waals surface area contributed by atoms with Crippen molar-refractivity contribution in [2.45, 2.75) is 19.4 Å². The van der Waals surface area contributed by atoms with Crippen LogP contribution in [-0.2, 0) is 0 Å². The number of carbonyl (C=O) groups is 1. The van der Waals surface area contributed by atoms with Gasteiger partial charge in [-0.25, -0.2) is 4.39 Å². The minimum Gasteiger partial charge on any atom is -0.376 e. The Balaban J connectivity index is 1.94. The predicted molar refractivity (Wildman–Crippen MR) is 105 cm³/mol. The van der Waals surface area contributed by atoms with Crippen LogP contribution in [0.3, 0.4) is 0 Å². The van der Waals surface area contributed by atoms with Gasteiger partial charge in [0.05, 0.1) is 16.1 Å². The van der Waals surface area contributed by atoms with E-state index in [1.54, 1.807) is 12.1 Å². The highest BCUT2D eigenvalue weighted by atomic mass is 79.9. The molecule has 0 aliphatic carbocycles. The van der Waals surface area contributed by atoms with Gasteiger partial charge in [-0.15, -0.1) is 0 Å². The molecule has 0 fully saturated rings. The van der Waals surface area contributed by atoms with Gasteiger partial charge < -0.3 is 10.2 Å². The fourth-order valence-electron chi connectivity index (χ4n) is 3.32. The number of amides is 1. The summed E-state index contributed by atoms with van der Waals surface area (Å²) in [5.74, 6) is -0.178. The standard InChI is InChI=1S/C21H22BrFN2O/c1-14-11-12-18(25(2)13-14)20(15-7-4-3-5-8-15)24-21(26)16-9-6-10-17(23)19(16)22/h3-10,12,14,20H,11,13H2,1-2H3,(H,24,26). The van der Waals surface area contributed by atoms with Crippen LogP contribution in [0, 0.1) is 11.7 Å². The number of carbonyl (C=O) groups excluding carboxylic acids is 1. The molecule has 1 N–H and O–H groups in total. The molecule has 0 radical (unpaired) electrons. The second-order valence-electron chi connectivity index (χ2n) is 6.77. The molecule has 2 aromatic carbocycles. The summed E-state index contributed by atoms with van der Waals surface area (Å²) in [6.45, 7) is 3.15. The van der Waals surface area contributed by atoms with Gasteiger partial charge in [-0.05, 0) is 46.0 Å². The van der Waals surface area contributed by atoms with Crippen LogP contribution in [0.5, 0.6) is 0 Å². The molecule has 1 aliphatic heterocycles. The van der Waals surface area contributed by atoms with E-state index in [4.69, 9.17) is 0 Å². The van der Waals surface area contributed by atoms with Gasteiger partial charge in [-0.2, -0.15) is 0 Å². The maximum absolute atomic E-state index is 13.8. The van der Waals surface area contributed by atoms with Crippen LogP contribution >= 0.6 is 15.9 Å². The van der Waals surface area contributed by atoms with E-state index >= 15 is 0 Å².